The SMILES string of the molecule is CC(C)(O)[N+]1(Cc2ccc(F)cc2)C(c2cncc(NC=O)c2)=C(OCc2ccccc2)c2ccccc21. The summed E-state index contributed by atoms with van der Waals surface area (Å²) in [5.74, 6) is 0.281. The molecule has 2 N–H and O–H groups in total. The zero-order valence-corrected chi connectivity index (χ0v) is 21.3. The molecule has 0 bridgehead atoms. The summed E-state index contributed by atoms with van der Waals surface area (Å²) in [5, 5.41) is 14.6. The van der Waals surface area contributed by atoms with E-state index in [0.717, 1.165) is 22.4 Å². The Hall–Kier alpha value is -4.33. The van der Waals surface area contributed by atoms with Crippen LogP contribution in [-0.2, 0) is 22.7 Å². The second-order valence-corrected chi connectivity index (χ2v) is 9.78. The number of carbonyl (C=O) groups excluding carboxylic acids is 1. The normalized spacial score (nSPS) is 16.7. The average molecular weight is 511 g/mol. The molecule has 1 unspecified atom stereocenters. The molecule has 0 aliphatic carbocycles. The third kappa shape index (κ3) is 4.58. The quantitative estimate of drug-likeness (QED) is 0.211. The fraction of sp³-hybridized carbons (Fsp3) is 0.161. The summed E-state index contributed by atoms with van der Waals surface area (Å²) < 4.78 is 20.4. The first-order valence-corrected chi connectivity index (χ1v) is 12.4. The summed E-state index contributed by atoms with van der Waals surface area (Å²) in [6, 6.07) is 25.8. The lowest BCUT2D eigenvalue weighted by Crippen LogP contribution is -2.60. The molecule has 7 heteroatoms. The van der Waals surface area contributed by atoms with Crippen molar-refractivity contribution in [2.24, 2.45) is 0 Å². The Morgan fingerprint density at radius 3 is 2.39 bits per heavy atom. The largest absolute Gasteiger partial charge is 0.482 e. The number of nitrogens with one attached hydrogen (secondary N) is 1. The van der Waals surface area contributed by atoms with Crippen molar-refractivity contribution in [2.45, 2.75) is 32.7 Å². The summed E-state index contributed by atoms with van der Waals surface area (Å²) in [6.07, 6.45) is 3.86. The molecule has 1 aliphatic rings. The number of fused-ring (bicyclic) bond motifs is 1. The molecule has 192 valence electrons. The Bertz CT molecular complexity index is 1480. The number of quaternary nitrogens is 1. The Kier molecular flexibility index (Phi) is 6.80. The number of amides is 1. The number of halogens is 1. The second-order valence-electron chi connectivity index (χ2n) is 9.78. The molecule has 0 fully saturated rings. The van der Waals surface area contributed by atoms with Gasteiger partial charge in [0, 0.05) is 31.7 Å². The van der Waals surface area contributed by atoms with Crippen LogP contribution in [0.25, 0.3) is 11.5 Å². The van der Waals surface area contributed by atoms with Gasteiger partial charge in [0.25, 0.3) is 0 Å². The third-order valence-electron chi connectivity index (χ3n) is 6.89. The number of hydrogen-bond donors (Lipinski definition) is 2. The van der Waals surface area contributed by atoms with Crippen LogP contribution >= 0.6 is 0 Å². The van der Waals surface area contributed by atoms with Crippen LogP contribution in [0.3, 0.4) is 0 Å². The Balaban J connectivity index is 1.78. The molecule has 0 saturated carbocycles. The van der Waals surface area contributed by atoms with Crippen molar-refractivity contribution in [1.29, 1.82) is 0 Å². The van der Waals surface area contributed by atoms with Crippen LogP contribution in [0.15, 0.2) is 97.3 Å². The summed E-state index contributed by atoms with van der Waals surface area (Å²) in [6.45, 7) is 4.15. The van der Waals surface area contributed by atoms with Gasteiger partial charge in [-0.3, -0.25) is 9.78 Å². The van der Waals surface area contributed by atoms with Crippen LogP contribution in [0, 0.1) is 5.82 Å². The van der Waals surface area contributed by atoms with E-state index in [0.29, 0.717) is 42.3 Å². The highest BCUT2D eigenvalue weighted by atomic mass is 19.1. The highest BCUT2D eigenvalue weighted by Crippen LogP contribution is 2.55. The van der Waals surface area contributed by atoms with Crippen molar-refractivity contribution in [1.82, 2.24) is 9.47 Å². The lowest BCUT2D eigenvalue weighted by molar-refractivity contribution is -0.105. The number of anilines is 1. The number of carbonyl (C=O) groups is 1. The van der Waals surface area contributed by atoms with Gasteiger partial charge in [-0.2, -0.15) is 0 Å². The van der Waals surface area contributed by atoms with Gasteiger partial charge in [0.05, 0.1) is 23.0 Å². The van der Waals surface area contributed by atoms with E-state index in [2.05, 4.69) is 10.3 Å². The van der Waals surface area contributed by atoms with E-state index in [9.17, 15) is 14.3 Å². The van der Waals surface area contributed by atoms with Gasteiger partial charge in [-0.15, -0.1) is 0 Å². The van der Waals surface area contributed by atoms with Crippen molar-refractivity contribution < 1.29 is 19.0 Å². The van der Waals surface area contributed by atoms with E-state index in [4.69, 9.17) is 4.74 Å². The zero-order valence-electron chi connectivity index (χ0n) is 21.3. The van der Waals surface area contributed by atoms with Crippen LogP contribution in [0.5, 0.6) is 0 Å². The number of nitrogens with zero attached hydrogens (tertiary/aromatic N) is 2. The minimum Gasteiger partial charge on any atom is -0.482 e. The van der Waals surface area contributed by atoms with Gasteiger partial charge in [0.15, 0.2) is 17.1 Å². The van der Waals surface area contributed by atoms with Crippen molar-refractivity contribution in [3.63, 3.8) is 0 Å². The average Bonchev–Trinajstić information content (AvgIpc) is 3.20. The molecule has 0 radical (unpaired) electrons. The Labute approximate surface area is 221 Å². The summed E-state index contributed by atoms with van der Waals surface area (Å²) in [5.41, 5.74) is 4.07. The lowest BCUT2D eigenvalue weighted by Gasteiger charge is -2.45. The minimum absolute atomic E-state index is 0.0227. The standard InChI is InChI=1S/C31H28FN3O3/c1-31(2,37)35(19-22-12-14-25(32)15-13-22)28-11-7-6-10-27(28)30(38-20-23-8-4-3-5-9-23)29(35)24-16-26(34-21-36)18-33-17-24/h3-18,21,37H,19-20H2,1-2H3/p+1. The molecular formula is C31H29FN3O3+. The molecule has 1 aliphatic heterocycles. The maximum Gasteiger partial charge on any atom is 0.211 e. The van der Waals surface area contributed by atoms with Crippen molar-refractivity contribution in [2.75, 3.05) is 5.32 Å². The molecular weight excluding hydrogens is 481 g/mol. The first-order chi connectivity index (χ1) is 18.3. The topological polar surface area (TPSA) is 71.5 Å². The number of aromatic nitrogens is 1. The zero-order chi connectivity index (χ0) is 26.8. The molecule has 0 spiro atoms. The van der Waals surface area contributed by atoms with Crippen LogP contribution in [0.1, 0.15) is 36.1 Å². The van der Waals surface area contributed by atoms with Crippen LogP contribution in [-0.4, -0.2) is 22.2 Å². The maximum absolute atomic E-state index is 13.8. The van der Waals surface area contributed by atoms with Gasteiger partial charge < -0.3 is 15.2 Å². The number of aliphatic hydroxyl groups is 1. The first kappa shape index (κ1) is 25.3. The van der Waals surface area contributed by atoms with Crippen molar-refractivity contribution in [3.8, 4) is 0 Å². The third-order valence-corrected chi connectivity index (χ3v) is 6.89. The number of para-hydroxylation sites is 1. The van der Waals surface area contributed by atoms with Crippen LogP contribution < -0.4 is 9.80 Å². The van der Waals surface area contributed by atoms with E-state index >= 15 is 0 Å². The van der Waals surface area contributed by atoms with Crippen LogP contribution in [0.4, 0.5) is 15.8 Å². The van der Waals surface area contributed by atoms with E-state index < -0.39 is 5.72 Å². The van der Waals surface area contributed by atoms with Gasteiger partial charge in [-0.05, 0) is 29.8 Å². The summed E-state index contributed by atoms with van der Waals surface area (Å²) in [7, 11) is 0. The minimum atomic E-state index is -1.34. The number of benzene rings is 3. The highest BCUT2D eigenvalue weighted by molar-refractivity contribution is 6.02. The van der Waals surface area contributed by atoms with Crippen molar-refractivity contribution >= 4 is 29.2 Å². The van der Waals surface area contributed by atoms with Crippen LogP contribution in [0.2, 0.25) is 0 Å². The Morgan fingerprint density at radius 2 is 1.68 bits per heavy atom. The smallest absolute Gasteiger partial charge is 0.211 e. The highest BCUT2D eigenvalue weighted by Gasteiger charge is 2.56. The first-order valence-electron chi connectivity index (χ1n) is 12.4. The van der Waals surface area contributed by atoms with Gasteiger partial charge in [-0.1, -0.05) is 54.6 Å². The van der Waals surface area contributed by atoms with E-state index in [1.54, 1.807) is 38.4 Å². The Morgan fingerprint density at radius 1 is 0.974 bits per heavy atom. The molecule has 3 aromatic carbocycles. The fourth-order valence-electron chi connectivity index (χ4n) is 5.15. The summed E-state index contributed by atoms with van der Waals surface area (Å²) >= 11 is 0. The van der Waals surface area contributed by atoms with Gasteiger partial charge in [0.1, 0.15) is 19.0 Å². The fourth-order valence-corrected chi connectivity index (χ4v) is 5.15. The van der Waals surface area contributed by atoms with Gasteiger partial charge >= 0.3 is 0 Å². The molecule has 5 rings (SSSR count). The molecule has 4 aromatic rings. The molecule has 0 saturated heterocycles. The summed E-state index contributed by atoms with van der Waals surface area (Å²) in [4.78, 5) is 15.6. The van der Waals surface area contributed by atoms with Crippen molar-refractivity contribution in [3.05, 3.63) is 125 Å². The molecule has 1 amide bonds. The number of ether oxygens (including phenoxy) is 1. The molecule has 1 aromatic heterocycles. The number of rotatable bonds is 9. The molecule has 1 atom stereocenters. The molecule has 2 heterocycles. The molecule has 6 nitrogen and oxygen atoms in total. The van der Waals surface area contributed by atoms with E-state index in [1.807, 2.05) is 60.7 Å². The molecule has 38 heavy (non-hydrogen) atoms. The number of hydrogen-bond acceptors (Lipinski definition) is 4. The lowest BCUT2D eigenvalue weighted by atomic mass is 10.0. The predicted octanol–water partition coefficient (Wildman–Crippen LogP) is 6.08. The van der Waals surface area contributed by atoms with Gasteiger partial charge in [-0.25, -0.2) is 8.87 Å². The monoisotopic (exact) mass is 510 g/mol. The number of pyridine rings is 1. The van der Waals surface area contributed by atoms with E-state index in [-0.39, 0.29) is 10.3 Å². The predicted molar refractivity (Wildman–Crippen MR) is 147 cm³/mol. The van der Waals surface area contributed by atoms with E-state index in [1.165, 1.54) is 12.1 Å². The van der Waals surface area contributed by atoms with Gasteiger partial charge in [0.2, 0.25) is 12.1 Å². The maximum atomic E-state index is 13.8. The second kappa shape index (κ2) is 10.2.